The van der Waals surface area contributed by atoms with E-state index in [2.05, 4.69) is 15.5 Å². The van der Waals surface area contributed by atoms with Crippen molar-refractivity contribution in [1.82, 2.24) is 4.90 Å². The van der Waals surface area contributed by atoms with E-state index >= 15 is 0 Å². The fraction of sp³-hybridized carbons (Fsp3) is 0.667. The molecule has 2 N–H and O–H groups in total. The molecule has 1 saturated heterocycles. The molecule has 4 bridgehead atoms. The molecule has 1 aromatic carbocycles. The maximum atomic E-state index is 13.3. The second-order valence-electron chi connectivity index (χ2n) is 10.1. The Morgan fingerprint density at radius 2 is 1.67 bits per heavy atom. The van der Waals surface area contributed by atoms with Crippen molar-refractivity contribution in [3.05, 3.63) is 23.8 Å². The summed E-state index contributed by atoms with van der Waals surface area (Å²) in [5, 5.41) is 6.22. The zero-order chi connectivity index (χ0) is 20.7. The van der Waals surface area contributed by atoms with Gasteiger partial charge in [-0.05, 0) is 87.0 Å². The summed E-state index contributed by atoms with van der Waals surface area (Å²) in [5.74, 6) is 2.48. The lowest BCUT2D eigenvalue weighted by Crippen LogP contribution is -2.51. The molecular weight excluding hydrogens is 378 g/mol. The zero-order valence-corrected chi connectivity index (χ0v) is 17.9. The van der Waals surface area contributed by atoms with Gasteiger partial charge in [-0.3, -0.25) is 14.5 Å². The van der Waals surface area contributed by atoms with Crippen LogP contribution in [0.2, 0.25) is 0 Å². The third kappa shape index (κ3) is 4.00. The molecule has 30 heavy (non-hydrogen) atoms. The number of hydrogen-bond acceptors (Lipinski definition) is 4. The molecule has 0 spiro atoms. The smallest absolute Gasteiger partial charge is 0.238 e. The normalized spacial score (nSPS) is 32.8. The molecule has 1 aromatic rings. The van der Waals surface area contributed by atoms with Gasteiger partial charge in [0.05, 0.1) is 25.2 Å². The van der Waals surface area contributed by atoms with Crippen LogP contribution in [-0.4, -0.2) is 49.6 Å². The Kier molecular flexibility index (Phi) is 5.31. The Hall–Kier alpha value is -1.92. The topological polar surface area (TPSA) is 70.7 Å². The van der Waals surface area contributed by atoms with Crippen molar-refractivity contribution in [2.24, 2.45) is 23.2 Å². The van der Waals surface area contributed by atoms with Crippen molar-refractivity contribution in [3.63, 3.8) is 0 Å². The van der Waals surface area contributed by atoms with Crippen molar-refractivity contribution in [2.45, 2.75) is 45.4 Å². The molecule has 0 atom stereocenters. The lowest BCUT2D eigenvalue weighted by atomic mass is 9.49. The second kappa shape index (κ2) is 7.97. The van der Waals surface area contributed by atoms with E-state index in [1.807, 2.05) is 25.1 Å². The number of morpholine rings is 1. The minimum atomic E-state index is -0.145. The van der Waals surface area contributed by atoms with Gasteiger partial charge < -0.3 is 15.4 Å². The minimum absolute atomic E-state index is 0.00893. The van der Waals surface area contributed by atoms with Gasteiger partial charge in [-0.2, -0.15) is 0 Å². The molecule has 0 aromatic heterocycles. The van der Waals surface area contributed by atoms with E-state index < -0.39 is 0 Å². The number of benzene rings is 1. The van der Waals surface area contributed by atoms with E-state index in [0.29, 0.717) is 19.8 Å². The maximum absolute atomic E-state index is 13.3. The van der Waals surface area contributed by atoms with Gasteiger partial charge in [0.1, 0.15) is 0 Å². The first kappa shape index (κ1) is 20.0. The van der Waals surface area contributed by atoms with Crippen LogP contribution in [0.4, 0.5) is 11.4 Å². The lowest BCUT2D eigenvalue weighted by Gasteiger charge is -2.55. The molecule has 5 fully saturated rings. The number of ether oxygens (including phenoxy) is 1. The molecule has 0 unspecified atom stereocenters. The van der Waals surface area contributed by atoms with Gasteiger partial charge in [0.2, 0.25) is 11.8 Å². The number of rotatable bonds is 5. The van der Waals surface area contributed by atoms with Crippen LogP contribution in [0.15, 0.2) is 18.2 Å². The van der Waals surface area contributed by atoms with Crippen LogP contribution >= 0.6 is 0 Å². The maximum Gasteiger partial charge on any atom is 0.238 e. The lowest BCUT2D eigenvalue weighted by molar-refractivity contribution is -0.140. The van der Waals surface area contributed by atoms with E-state index in [1.54, 1.807) is 0 Å². The summed E-state index contributed by atoms with van der Waals surface area (Å²) in [6, 6.07) is 5.79. The first-order valence-electron chi connectivity index (χ1n) is 11.5. The van der Waals surface area contributed by atoms with Crippen LogP contribution in [0.25, 0.3) is 0 Å². The van der Waals surface area contributed by atoms with E-state index in [4.69, 9.17) is 4.74 Å². The number of carbonyl (C=O) groups is 2. The molecule has 2 amide bonds. The van der Waals surface area contributed by atoms with Gasteiger partial charge >= 0.3 is 0 Å². The zero-order valence-electron chi connectivity index (χ0n) is 17.9. The molecule has 6 rings (SSSR count). The molecule has 6 nitrogen and oxygen atoms in total. The van der Waals surface area contributed by atoms with Gasteiger partial charge in [0.25, 0.3) is 0 Å². The third-order valence-corrected chi connectivity index (χ3v) is 7.75. The Bertz CT molecular complexity index is 796. The summed E-state index contributed by atoms with van der Waals surface area (Å²) in [4.78, 5) is 27.8. The number of amides is 2. The number of carbonyl (C=O) groups excluding carboxylic acids is 2. The highest BCUT2D eigenvalue weighted by molar-refractivity contribution is 5.97. The van der Waals surface area contributed by atoms with Gasteiger partial charge in [-0.1, -0.05) is 0 Å². The third-order valence-electron chi connectivity index (χ3n) is 7.75. The minimum Gasteiger partial charge on any atom is -0.379 e. The second-order valence-corrected chi connectivity index (χ2v) is 10.1. The van der Waals surface area contributed by atoms with E-state index in [1.165, 1.54) is 19.3 Å². The van der Waals surface area contributed by atoms with Crippen molar-refractivity contribution in [3.8, 4) is 0 Å². The van der Waals surface area contributed by atoms with Crippen molar-refractivity contribution in [1.29, 1.82) is 0 Å². The van der Waals surface area contributed by atoms with Crippen LogP contribution in [0, 0.1) is 30.1 Å². The van der Waals surface area contributed by atoms with Gasteiger partial charge in [0.15, 0.2) is 0 Å². The fourth-order valence-electron chi connectivity index (χ4n) is 6.69. The van der Waals surface area contributed by atoms with E-state index in [0.717, 1.165) is 67.0 Å². The van der Waals surface area contributed by atoms with Gasteiger partial charge in [0, 0.05) is 24.5 Å². The Morgan fingerprint density at radius 1 is 1.03 bits per heavy atom. The first-order valence-corrected chi connectivity index (χ1v) is 11.5. The summed E-state index contributed by atoms with van der Waals surface area (Å²) in [5.41, 5.74) is 2.46. The SMILES string of the molecule is Cc1cc(NC(=O)C23CC4CC(CC(C4)C2)C3)ccc1NC(=O)CN1CCOCC1. The highest BCUT2D eigenvalue weighted by Gasteiger charge is 2.54. The number of anilines is 2. The molecule has 1 heterocycles. The van der Waals surface area contributed by atoms with Crippen molar-refractivity contribution < 1.29 is 14.3 Å². The average Bonchev–Trinajstić information content (AvgIpc) is 2.70. The molecule has 6 heteroatoms. The molecule has 5 aliphatic rings. The standard InChI is InChI=1S/C24H33N3O3/c1-16-8-20(2-3-21(16)26-22(28)15-27-4-6-30-7-5-27)25-23(29)24-12-17-9-18(13-24)11-19(10-17)14-24/h2-3,8,17-19H,4-7,9-15H2,1H3,(H,25,29)(H,26,28). The Morgan fingerprint density at radius 3 is 2.27 bits per heavy atom. The number of hydrogen-bond donors (Lipinski definition) is 2. The van der Waals surface area contributed by atoms with Gasteiger partial charge in [-0.25, -0.2) is 0 Å². The van der Waals surface area contributed by atoms with Crippen LogP contribution in [-0.2, 0) is 14.3 Å². The molecule has 162 valence electrons. The Labute approximate surface area is 178 Å². The van der Waals surface area contributed by atoms with Gasteiger partial charge in [-0.15, -0.1) is 0 Å². The highest BCUT2D eigenvalue weighted by atomic mass is 16.5. The molecule has 4 saturated carbocycles. The Balaban J connectivity index is 1.21. The summed E-state index contributed by atoms with van der Waals surface area (Å²) in [6.07, 6.45) is 7.22. The summed E-state index contributed by atoms with van der Waals surface area (Å²) in [6.45, 7) is 5.32. The predicted molar refractivity (Wildman–Crippen MR) is 116 cm³/mol. The number of nitrogens with zero attached hydrogens (tertiary/aromatic N) is 1. The number of aryl methyl sites for hydroxylation is 1. The fourth-order valence-corrected chi connectivity index (χ4v) is 6.69. The summed E-state index contributed by atoms with van der Waals surface area (Å²) >= 11 is 0. The predicted octanol–water partition coefficient (Wildman–Crippen LogP) is 3.42. The quantitative estimate of drug-likeness (QED) is 0.779. The van der Waals surface area contributed by atoms with Crippen molar-refractivity contribution >= 4 is 23.2 Å². The molecule has 1 aliphatic heterocycles. The first-order chi connectivity index (χ1) is 14.5. The summed E-state index contributed by atoms with van der Waals surface area (Å²) in [7, 11) is 0. The van der Waals surface area contributed by atoms with Crippen molar-refractivity contribution in [2.75, 3.05) is 43.5 Å². The number of nitrogens with one attached hydrogen (secondary N) is 2. The average molecular weight is 412 g/mol. The molecular formula is C24H33N3O3. The highest BCUT2D eigenvalue weighted by Crippen LogP contribution is 2.60. The molecule has 4 aliphatic carbocycles. The summed E-state index contributed by atoms with van der Waals surface area (Å²) < 4.78 is 5.33. The van der Waals surface area contributed by atoms with E-state index in [-0.39, 0.29) is 17.2 Å². The monoisotopic (exact) mass is 411 g/mol. The largest absolute Gasteiger partial charge is 0.379 e. The van der Waals surface area contributed by atoms with Crippen LogP contribution in [0.3, 0.4) is 0 Å². The molecule has 0 radical (unpaired) electrons. The van der Waals surface area contributed by atoms with Crippen LogP contribution in [0.5, 0.6) is 0 Å². The van der Waals surface area contributed by atoms with Crippen LogP contribution in [0.1, 0.15) is 44.1 Å². The van der Waals surface area contributed by atoms with E-state index in [9.17, 15) is 9.59 Å². The van der Waals surface area contributed by atoms with Crippen LogP contribution < -0.4 is 10.6 Å².